The van der Waals surface area contributed by atoms with Gasteiger partial charge < -0.3 is 10.6 Å². The molecule has 132 valence electrons. The molecule has 2 atom stereocenters. The van der Waals surface area contributed by atoms with Crippen LogP contribution in [0.4, 0.5) is 0 Å². The van der Waals surface area contributed by atoms with Crippen LogP contribution in [-0.2, 0) is 16.1 Å². The molecule has 8 nitrogen and oxygen atoms in total. The Balaban J connectivity index is 1.63. The highest BCUT2D eigenvalue weighted by Gasteiger charge is 2.33. The van der Waals surface area contributed by atoms with Gasteiger partial charge in [-0.2, -0.15) is 5.10 Å². The van der Waals surface area contributed by atoms with Crippen molar-refractivity contribution >= 4 is 11.8 Å². The van der Waals surface area contributed by atoms with Crippen LogP contribution in [-0.4, -0.2) is 68.1 Å². The molecule has 2 fully saturated rings. The van der Waals surface area contributed by atoms with Crippen LogP contribution in [0.3, 0.4) is 0 Å². The van der Waals surface area contributed by atoms with Crippen molar-refractivity contribution in [2.24, 2.45) is 5.73 Å². The van der Waals surface area contributed by atoms with Gasteiger partial charge in [-0.3, -0.25) is 19.2 Å². The molecule has 0 unspecified atom stereocenters. The van der Waals surface area contributed by atoms with Crippen LogP contribution >= 0.6 is 0 Å². The van der Waals surface area contributed by atoms with E-state index in [1.165, 1.54) is 6.33 Å². The van der Waals surface area contributed by atoms with Crippen molar-refractivity contribution in [3.8, 4) is 0 Å². The van der Waals surface area contributed by atoms with Gasteiger partial charge in [0.2, 0.25) is 11.8 Å². The van der Waals surface area contributed by atoms with Crippen molar-refractivity contribution in [2.75, 3.05) is 19.6 Å². The summed E-state index contributed by atoms with van der Waals surface area (Å²) in [5.74, 6) is -0.371. The summed E-state index contributed by atoms with van der Waals surface area (Å²) in [5, 5.41) is 4.17. The summed E-state index contributed by atoms with van der Waals surface area (Å²) < 4.78 is 1.82. The third-order valence-electron chi connectivity index (χ3n) is 5.10. The molecule has 8 heteroatoms. The second-order valence-electron chi connectivity index (χ2n) is 6.74. The average Bonchev–Trinajstić information content (AvgIpc) is 3.09. The highest BCUT2D eigenvalue weighted by molar-refractivity contribution is 5.87. The van der Waals surface area contributed by atoms with E-state index in [0.29, 0.717) is 19.5 Å². The first-order chi connectivity index (χ1) is 11.6. The lowest BCUT2D eigenvalue weighted by molar-refractivity contribution is -0.142. The van der Waals surface area contributed by atoms with Crippen molar-refractivity contribution in [1.29, 1.82) is 0 Å². The number of carbonyl (C=O) groups is 2. The van der Waals surface area contributed by atoms with E-state index in [4.69, 9.17) is 5.73 Å². The molecule has 0 bridgehead atoms. The summed E-state index contributed by atoms with van der Waals surface area (Å²) >= 11 is 0. The van der Waals surface area contributed by atoms with Gasteiger partial charge in [-0.25, -0.2) is 4.98 Å². The molecular weight excluding hydrogens is 308 g/mol. The normalized spacial score (nSPS) is 25.6. The minimum absolute atomic E-state index is 0.0176. The van der Waals surface area contributed by atoms with Crippen molar-refractivity contribution in [3.63, 3.8) is 0 Å². The van der Waals surface area contributed by atoms with Crippen LogP contribution in [0.15, 0.2) is 12.7 Å². The van der Waals surface area contributed by atoms with Crippen LogP contribution in [0.5, 0.6) is 0 Å². The van der Waals surface area contributed by atoms with Gasteiger partial charge in [0.05, 0.1) is 13.1 Å². The number of hydrogen-bond donors (Lipinski definition) is 1. The molecule has 1 aromatic rings. The molecule has 0 radical (unpaired) electrons. The number of rotatable bonds is 5. The molecule has 3 rings (SSSR count). The number of nitrogens with zero attached hydrogens (tertiary/aromatic N) is 5. The van der Waals surface area contributed by atoms with Gasteiger partial charge in [-0.05, 0) is 38.6 Å². The predicted octanol–water partition coefficient (Wildman–Crippen LogP) is -0.001000. The van der Waals surface area contributed by atoms with Crippen LogP contribution in [0.2, 0.25) is 0 Å². The molecule has 0 aromatic carbocycles. The summed E-state index contributed by atoms with van der Waals surface area (Å²) in [7, 11) is 0. The Morgan fingerprint density at radius 1 is 1.12 bits per heavy atom. The fraction of sp³-hybridized carbons (Fsp3) is 0.750. The second-order valence-corrected chi connectivity index (χ2v) is 6.74. The molecule has 0 spiro atoms. The van der Waals surface area contributed by atoms with Gasteiger partial charge in [-0.1, -0.05) is 6.42 Å². The summed E-state index contributed by atoms with van der Waals surface area (Å²) in [5.41, 5.74) is 5.48. The van der Waals surface area contributed by atoms with E-state index in [0.717, 1.165) is 45.2 Å². The maximum atomic E-state index is 12.8. The Morgan fingerprint density at radius 3 is 2.67 bits per heavy atom. The number of primary amides is 1. The Morgan fingerprint density at radius 2 is 1.92 bits per heavy atom. The highest BCUT2D eigenvalue weighted by Crippen LogP contribution is 2.21. The topological polar surface area (TPSA) is 97.3 Å². The molecule has 2 N–H and O–H groups in total. The Bertz CT molecular complexity index is 561. The van der Waals surface area contributed by atoms with E-state index in [9.17, 15) is 9.59 Å². The summed E-state index contributed by atoms with van der Waals surface area (Å²) in [6.07, 6.45) is 9.13. The molecule has 2 amide bonds. The molecule has 1 aromatic heterocycles. The largest absolute Gasteiger partial charge is 0.368 e. The standard InChI is InChI=1S/C16H26N6O2/c17-16(24)14-6-2-4-8-22(14)15(23)10-20-7-3-1-5-13(20)9-21-12-18-11-19-21/h11-14H,1-10H2,(H2,17,24)/t13-,14+/m1/s1. The van der Waals surface area contributed by atoms with Crippen molar-refractivity contribution < 1.29 is 9.59 Å². The van der Waals surface area contributed by atoms with E-state index in [2.05, 4.69) is 15.0 Å². The zero-order valence-electron chi connectivity index (χ0n) is 14.0. The minimum Gasteiger partial charge on any atom is -0.368 e. The minimum atomic E-state index is -0.440. The Hall–Kier alpha value is -1.96. The molecular formula is C16H26N6O2. The van der Waals surface area contributed by atoms with E-state index >= 15 is 0 Å². The number of aromatic nitrogens is 3. The number of amides is 2. The maximum absolute atomic E-state index is 12.8. The molecule has 3 heterocycles. The molecule has 24 heavy (non-hydrogen) atoms. The highest BCUT2D eigenvalue weighted by atomic mass is 16.2. The second kappa shape index (κ2) is 7.74. The first-order valence-electron chi connectivity index (χ1n) is 8.80. The van der Waals surface area contributed by atoms with Crippen molar-refractivity contribution in [2.45, 2.75) is 57.2 Å². The summed E-state index contributed by atoms with van der Waals surface area (Å²) in [6, 6.07) is -0.161. The van der Waals surface area contributed by atoms with Gasteiger partial charge in [-0.15, -0.1) is 0 Å². The average molecular weight is 334 g/mol. The van der Waals surface area contributed by atoms with Gasteiger partial charge in [0.25, 0.3) is 0 Å². The lowest BCUT2D eigenvalue weighted by Crippen LogP contribution is -2.55. The number of carbonyl (C=O) groups excluding carboxylic acids is 2. The predicted molar refractivity (Wildman–Crippen MR) is 87.8 cm³/mol. The lowest BCUT2D eigenvalue weighted by atomic mass is 10.00. The number of likely N-dealkylation sites (tertiary alicyclic amines) is 2. The summed E-state index contributed by atoms with van der Waals surface area (Å²) in [6.45, 7) is 2.63. The number of piperidine rings is 2. The molecule has 2 aliphatic heterocycles. The van der Waals surface area contributed by atoms with Crippen LogP contribution in [0, 0.1) is 0 Å². The zero-order chi connectivity index (χ0) is 16.9. The zero-order valence-corrected chi connectivity index (χ0v) is 14.0. The monoisotopic (exact) mass is 334 g/mol. The number of hydrogen-bond acceptors (Lipinski definition) is 5. The molecule has 0 aliphatic carbocycles. The van der Waals surface area contributed by atoms with E-state index in [1.807, 2.05) is 4.68 Å². The maximum Gasteiger partial charge on any atom is 0.240 e. The van der Waals surface area contributed by atoms with Gasteiger partial charge >= 0.3 is 0 Å². The van der Waals surface area contributed by atoms with Crippen LogP contribution in [0.1, 0.15) is 38.5 Å². The molecule has 0 saturated carbocycles. The van der Waals surface area contributed by atoms with E-state index < -0.39 is 6.04 Å². The van der Waals surface area contributed by atoms with Gasteiger partial charge in [0.1, 0.15) is 18.7 Å². The van der Waals surface area contributed by atoms with Gasteiger partial charge in [0, 0.05) is 12.6 Å². The summed E-state index contributed by atoms with van der Waals surface area (Å²) in [4.78, 5) is 32.3. The van der Waals surface area contributed by atoms with Crippen molar-refractivity contribution in [1.82, 2.24) is 24.6 Å². The van der Waals surface area contributed by atoms with E-state index in [-0.39, 0.29) is 17.9 Å². The first kappa shape index (κ1) is 16.9. The quantitative estimate of drug-likeness (QED) is 0.817. The third-order valence-corrected chi connectivity index (χ3v) is 5.10. The first-order valence-corrected chi connectivity index (χ1v) is 8.80. The number of nitrogens with two attached hydrogens (primary N) is 1. The molecule has 2 saturated heterocycles. The molecule has 2 aliphatic rings. The SMILES string of the molecule is NC(=O)[C@@H]1CCCCN1C(=O)CN1CCCC[C@@H]1Cn1cncn1. The van der Waals surface area contributed by atoms with Gasteiger partial charge in [0.15, 0.2) is 0 Å². The lowest BCUT2D eigenvalue weighted by Gasteiger charge is -2.39. The van der Waals surface area contributed by atoms with Crippen LogP contribution in [0.25, 0.3) is 0 Å². The Kier molecular flexibility index (Phi) is 5.44. The third kappa shape index (κ3) is 3.92. The smallest absolute Gasteiger partial charge is 0.240 e. The fourth-order valence-corrected chi connectivity index (χ4v) is 3.81. The van der Waals surface area contributed by atoms with E-state index in [1.54, 1.807) is 11.2 Å². The van der Waals surface area contributed by atoms with Crippen molar-refractivity contribution in [3.05, 3.63) is 12.7 Å². The Labute approximate surface area is 142 Å². The fourth-order valence-electron chi connectivity index (χ4n) is 3.81. The van der Waals surface area contributed by atoms with Crippen LogP contribution < -0.4 is 5.73 Å².